The fourth-order valence-corrected chi connectivity index (χ4v) is 3.07. The summed E-state index contributed by atoms with van der Waals surface area (Å²) in [6, 6.07) is 23.2. The monoisotopic (exact) mass is 301 g/mol. The molecule has 0 unspecified atom stereocenters. The highest BCUT2D eigenvalue weighted by molar-refractivity contribution is 6.13. The molecule has 0 radical (unpaired) electrons. The van der Waals surface area contributed by atoms with Crippen molar-refractivity contribution in [3.8, 4) is 11.1 Å². The van der Waals surface area contributed by atoms with Gasteiger partial charge in [0.2, 0.25) is 5.90 Å². The zero-order valence-corrected chi connectivity index (χ0v) is 13.4. The van der Waals surface area contributed by atoms with E-state index in [0.29, 0.717) is 6.61 Å². The van der Waals surface area contributed by atoms with E-state index in [9.17, 15) is 0 Å². The second-order valence-electron chi connectivity index (χ2n) is 6.59. The van der Waals surface area contributed by atoms with Gasteiger partial charge in [-0.1, -0.05) is 66.7 Å². The van der Waals surface area contributed by atoms with Gasteiger partial charge in [0, 0.05) is 0 Å². The fourth-order valence-electron chi connectivity index (χ4n) is 3.07. The van der Waals surface area contributed by atoms with Crippen LogP contribution in [0.2, 0.25) is 0 Å². The SMILES string of the molecule is CC1(C)COC(c2c(-c3ccccc3)ccc3ccccc23)=N1. The van der Waals surface area contributed by atoms with E-state index < -0.39 is 0 Å². The molecule has 2 nitrogen and oxygen atoms in total. The molecule has 3 aromatic carbocycles. The van der Waals surface area contributed by atoms with Gasteiger partial charge in [-0.15, -0.1) is 0 Å². The van der Waals surface area contributed by atoms with Gasteiger partial charge < -0.3 is 4.74 Å². The molecule has 4 rings (SSSR count). The van der Waals surface area contributed by atoms with E-state index >= 15 is 0 Å². The molecule has 0 spiro atoms. The van der Waals surface area contributed by atoms with E-state index in [1.165, 1.54) is 21.9 Å². The third-order valence-electron chi connectivity index (χ3n) is 4.19. The van der Waals surface area contributed by atoms with Crippen molar-refractivity contribution in [2.75, 3.05) is 6.61 Å². The van der Waals surface area contributed by atoms with Gasteiger partial charge in [0.15, 0.2) is 0 Å². The molecular formula is C21H19NO. The highest BCUT2D eigenvalue weighted by Gasteiger charge is 2.29. The molecule has 114 valence electrons. The summed E-state index contributed by atoms with van der Waals surface area (Å²) in [5.41, 5.74) is 3.28. The first-order chi connectivity index (χ1) is 11.1. The van der Waals surface area contributed by atoms with Gasteiger partial charge in [0.05, 0.1) is 11.1 Å². The van der Waals surface area contributed by atoms with Gasteiger partial charge in [-0.05, 0) is 35.7 Å². The van der Waals surface area contributed by atoms with Gasteiger partial charge in [0.1, 0.15) is 6.61 Å². The molecule has 23 heavy (non-hydrogen) atoms. The second kappa shape index (κ2) is 5.24. The molecule has 0 saturated heterocycles. The lowest BCUT2D eigenvalue weighted by Gasteiger charge is -2.13. The quantitative estimate of drug-likeness (QED) is 0.648. The highest BCUT2D eigenvalue weighted by atomic mass is 16.5. The molecule has 0 saturated carbocycles. The molecule has 0 aliphatic carbocycles. The lowest BCUT2D eigenvalue weighted by molar-refractivity contribution is 0.279. The van der Waals surface area contributed by atoms with E-state index in [-0.39, 0.29) is 5.54 Å². The number of hydrogen-bond acceptors (Lipinski definition) is 2. The lowest BCUT2D eigenvalue weighted by atomic mass is 9.94. The minimum Gasteiger partial charge on any atom is -0.475 e. The number of hydrogen-bond donors (Lipinski definition) is 0. The average molecular weight is 301 g/mol. The standard InChI is InChI=1S/C21H19NO/c1-21(2)14-23-20(22-21)19-17-11-7-6-10-16(17)12-13-18(19)15-8-4-3-5-9-15/h3-13H,14H2,1-2H3. The van der Waals surface area contributed by atoms with Crippen molar-refractivity contribution in [1.82, 2.24) is 0 Å². The van der Waals surface area contributed by atoms with E-state index in [1.807, 2.05) is 6.07 Å². The first kappa shape index (κ1) is 14.0. The lowest BCUT2D eigenvalue weighted by Crippen LogP contribution is -2.17. The normalized spacial score (nSPS) is 16.2. The van der Waals surface area contributed by atoms with Gasteiger partial charge in [-0.2, -0.15) is 0 Å². The molecule has 0 atom stereocenters. The van der Waals surface area contributed by atoms with Gasteiger partial charge in [0.25, 0.3) is 0 Å². The average Bonchev–Trinajstić information content (AvgIpc) is 2.94. The van der Waals surface area contributed by atoms with Crippen molar-refractivity contribution >= 4 is 16.7 Å². The van der Waals surface area contributed by atoms with E-state index in [4.69, 9.17) is 9.73 Å². The first-order valence-electron chi connectivity index (χ1n) is 7.94. The Bertz CT molecular complexity index is 894. The Morgan fingerprint density at radius 3 is 2.35 bits per heavy atom. The topological polar surface area (TPSA) is 21.6 Å². The first-order valence-corrected chi connectivity index (χ1v) is 7.94. The van der Waals surface area contributed by atoms with Crippen LogP contribution in [-0.4, -0.2) is 18.0 Å². The van der Waals surface area contributed by atoms with Crippen LogP contribution < -0.4 is 0 Å². The smallest absolute Gasteiger partial charge is 0.218 e. The third kappa shape index (κ3) is 2.50. The second-order valence-corrected chi connectivity index (χ2v) is 6.59. The predicted molar refractivity (Wildman–Crippen MR) is 96.0 cm³/mol. The molecule has 0 fully saturated rings. The molecule has 1 aliphatic heterocycles. The Hall–Kier alpha value is -2.61. The summed E-state index contributed by atoms with van der Waals surface area (Å²) in [4.78, 5) is 4.82. The summed E-state index contributed by atoms with van der Waals surface area (Å²) in [5.74, 6) is 0.755. The van der Waals surface area contributed by atoms with E-state index in [1.54, 1.807) is 0 Å². The number of fused-ring (bicyclic) bond motifs is 1. The van der Waals surface area contributed by atoms with Crippen LogP contribution in [0.1, 0.15) is 19.4 Å². The minimum atomic E-state index is -0.166. The summed E-state index contributed by atoms with van der Waals surface area (Å²) >= 11 is 0. The molecular weight excluding hydrogens is 282 g/mol. The van der Waals surface area contributed by atoms with Gasteiger partial charge >= 0.3 is 0 Å². The Morgan fingerprint density at radius 2 is 1.61 bits per heavy atom. The van der Waals surface area contributed by atoms with Crippen LogP contribution in [0.3, 0.4) is 0 Å². The molecule has 0 N–H and O–H groups in total. The van der Waals surface area contributed by atoms with E-state index in [0.717, 1.165) is 11.5 Å². The Morgan fingerprint density at radius 1 is 0.870 bits per heavy atom. The molecule has 0 aromatic heterocycles. The highest BCUT2D eigenvalue weighted by Crippen LogP contribution is 2.33. The Balaban J connectivity index is 2.03. The maximum atomic E-state index is 5.97. The molecule has 0 bridgehead atoms. The number of aliphatic imine (C=N–C) groups is 1. The minimum absolute atomic E-state index is 0.166. The zero-order chi connectivity index (χ0) is 15.9. The fraction of sp³-hybridized carbons (Fsp3) is 0.190. The largest absolute Gasteiger partial charge is 0.475 e. The van der Waals surface area contributed by atoms with Crippen LogP contribution in [0.15, 0.2) is 71.7 Å². The van der Waals surface area contributed by atoms with Crippen LogP contribution in [0, 0.1) is 0 Å². The van der Waals surface area contributed by atoms with Crippen LogP contribution in [0.5, 0.6) is 0 Å². The van der Waals surface area contributed by atoms with Crippen molar-refractivity contribution in [1.29, 1.82) is 0 Å². The van der Waals surface area contributed by atoms with Crippen LogP contribution in [0.4, 0.5) is 0 Å². The summed E-state index contributed by atoms with van der Waals surface area (Å²) in [6.45, 7) is 4.83. The Labute approximate surface area is 136 Å². The molecule has 1 aliphatic rings. The van der Waals surface area contributed by atoms with Crippen LogP contribution in [0.25, 0.3) is 21.9 Å². The molecule has 2 heteroatoms. The van der Waals surface area contributed by atoms with Crippen molar-refractivity contribution < 1.29 is 4.74 Å². The molecule has 3 aromatic rings. The van der Waals surface area contributed by atoms with Crippen LogP contribution >= 0.6 is 0 Å². The predicted octanol–water partition coefficient (Wildman–Crippen LogP) is 5.06. The van der Waals surface area contributed by atoms with E-state index in [2.05, 4.69) is 74.5 Å². The maximum Gasteiger partial charge on any atom is 0.218 e. The summed E-state index contributed by atoms with van der Waals surface area (Å²) in [6.07, 6.45) is 0. The Kier molecular flexibility index (Phi) is 3.19. The molecule has 0 amide bonds. The third-order valence-corrected chi connectivity index (χ3v) is 4.19. The number of ether oxygens (including phenoxy) is 1. The van der Waals surface area contributed by atoms with Crippen molar-refractivity contribution in [3.05, 3.63) is 72.3 Å². The maximum absolute atomic E-state index is 5.97. The van der Waals surface area contributed by atoms with Crippen molar-refractivity contribution in [2.24, 2.45) is 4.99 Å². The van der Waals surface area contributed by atoms with Crippen molar-refractivity contribution in [3.63, 3.8) is 0 Å². The number of nitrogens with zero attached hydrogens (tertiary/aromatic N) is 1. The van der Waals surface area contributed by atoms with Gasteiger partial charge in [-0.25, -0.2) is 4.99 Å². The molecule has 1 heterocycles. The summed E-state index contributed by atoms with van der Waals surface area (Å²) < 4.78 is 5.97. The number of benzene rings is 3. The van der Waals surface area contributed by atoms with Crippen LogP contribution in [-0.2, 0) is 4.74 Å². The van der Waals surface area contributed by atoms with Crippen molar-refractivity contribution in [2.45, 2.75) is 19.4 Å². The van der Waals surface area contributed by atoms with Gasteiger partial charge in [-0.3, -0.25) is 0 Å². The zero-order valence-electron chi connectivity index (χ0n) is 13.4. The summed E-state index contributed by atoms with van der Waals surface area (Å²) in [5, 5.41) is 2.39. The number of rotatable bonds is 2. The summed E-state index contributed by atoms with van der Waals surface area (Å²) in [7, 11) is 0.